The predicted molar refractivity (Wildman–Crippen MR) is 54.9 cm³/mol. The highest BCUT2D eigenvalue weighted by Gasteiger charge is 2.13. The van der Waals surface area contributed by atoms with Crippen molar-refractivity contribution in [2.24, 2.45) is 0 Å². The van der Waals surface area contributed by atoms with Gasteiger partial charge in [-0.2, -0.15) is 0 Å². The van der Waals surface area contributed by atoms with Crippen molar-refractivity contribution in [2.45, 2.75) is 25.5 Å². The van der Waals surface area contributed by atoms with Gasteiger partial charge < -0.3 is 10.1 Å². The largest absolute Gasteiger partial charge is 0.382 e. The molecule has 1 rings (SSSR count). The van der Waals surface area contributed by atoms with Crippen LogP contribution in [0.1, 0.15) is 24.9 Å². The molecule has 1 aromatic rings. The molecule has 0 radical (unpaired) electrons. The van der Waals surface area contributed by atoms with E-state index in [2.05, 4.69) is 15.3 Å². The summed E-state index contributed by atoms with van der Waals surface area (Å²) in [6.45, 7) is 2.05. The van der Waals surface area contributed by atoms with Gasteiger partial charge in [-0.3, -0.25) is 0 Å². The molecule has 0 fully saturated rings. The summed E-state index contributed by atoms with van der Waals surface area (Å²) < 4.78 is 5.22. The first kappa shape index (κ1) is 11.1. The zero-order valence-electron chi connectivity index (χ0n) is 8.90. The van der Waals surface area contributed by atoms with Gasteiger partial charge in [0.1, 0.15) is 6.33 Å². The number of rotatable bonds is 5. The van der Waals surface area contributed by atoms with Crippen LogP contribution in [0.3, 0.4) is 0 Å². The molecule has 78 valence electrons. The summed E-state index contributed by atoms with van der Waals surface area (Å²) in [5.74, 6) is 0. The third-order valence-electron chi connectivity index (χ3n) is 2.30. The van der Waals surface area contributed by atoms with Gasteiger partial charge in [0.05, 0.1) is 6.10 Å². The summed E-state index contributed by atoms with van der Waals surface area (Å²) in [6.07, 6.45) is 6.34. The third-order valence-corrected chi connectivity index (χ3v) is 2.30. The molecule has 4 heteroatoms. The zero-order chi connectivity index (χ0) is 10.4. The van der Waals surface area contributed by atoms with Crippen LogP contribution in [0.4, 0.5) is 0 Å². The summed E-state index contributed by atoms with van der Waals surface area (Å²) in [5, 5.41) is 3.22. The van der Waals surface area contributed by atoms with E-state index >= 15 is 0 Å². The average molecular weight is 195 g/mol. The highest BCUT2D eigenvalue weighted by atomic mass is 16.5. The summed E-state index contributed by atoms with van der Waals surface area (Å²) >= 11 is 0. The second-order valence-electron chi connectivity index (χ2n) is 3.30. The van der Waals surface area contributed by atoms with Crippen molar-refractivity contribution in [3.05, 3.63) is 24.3 Å². The Balaban J connectivity index is 2.63. The molecular formula is C10H17N3O. The van der Waals surface area contributed by atoms with Crippen molar-refractivity contribution in [2.75, 3.05) is 14.2 Å². The van der Waals surface area contributed by atoms with E-state index in [9.17, 15) is 0 Å². The first-order chi connectivity index (χ1) is 6.77. The van der Waals surface area contributed by atoms with E-state index in [1.165, 1.54) is 6.33 Å². The van der Waals surface area contributed by atoms with Gasteiger partial charge in [0.15, 0.2) is 0 Å². The molecule has 0 aliphatic carbocycles. The lowest BCUT2D eigenvalue weighted by molar-refractivity contribution is 0.101. The van der Waals surface area contributed by atoms with Crippen LogP contribution in [0, 0.1) is 0 Å². The Kier molecular flexibility index (Phi) is 4.49. The molecule has 0 aliphatic heterocycles. The van der Waals surface area contributed by atoms with Crippen molar-refractivity contribution < 1.29 is 4.74 Å². The smallest absolute Gasteiger partial charge is 0.115 e. The van der Waals surface area contributed by atoms with Gasteiger partial charge in [-0.05, 0) is 20.4 Å². The van der Waals surface area contributed by atoms with Crippen molar-refractivity contribution in [3.63, 3.8) is 0 Å². The number of hydrogen-bond acceptors (Lipinski definition) is 4. The molecule has 1 N–H and O–H groups in total. The summed E-state index contributed by atoms with van der Waals surface area (Å²) in [4.78, 5) is 7.99. The van der Waals surface area contributed by atoms with Gasteiger partial charge >= 0.3 is 0 Å². The van der Waals surface area contributed by atoms with Crippen molar-refractivity contribution in [3.8, 4) is 0 Å². The van der Waals surface area contributed by atoms with Crippen LogP contribution >= 0.6 is 0 Å². The SMILES string of the molecule is CNC(CC(C)OC)c1cncnc1. The van der Waals surface area contributed by atoms with E-state index in [-0.39, 0.29) is 12.1 Å². The summed E-state index contributed by atoms with van der Waals surface area (Å²) in [5.41, 5.74) is 1.10. The number of ether oxygens (including phenoxy) is 1. The lowest BCUT2D eigenvalue weighted by Gasteiger charge is -2.19. The Labute approximate surface area is 84.7 Å². The lowest BCUT2D eigenvalue weighted by atomic mass is 10.0. The minimum absolute atomic E-state index is 0.229. The van der Waals surface area contributed by atoms with Gasteiger partial charge in [0.25, 0.3) is 0 Å². The van der Waals surface area contributed by atoms with Gasteiger partial charge in [-0.25, -0.2) is 9.97 Å². The quantitative estimate of drug-likeness (QED) is 0.766. The normalized spacial score (nSPS) is 15.1. The predicted octanol–water partition coefficient (Wildman–Crippen LogP) is 1.16. The fraction of sp³-hybridized carbons (Fsp3) is 0.600. The van der Waals surface area contributed by atoms with Crippen LogP contribution in [0.5, 0.6) is 0 Å². The molecule has 0 saturated heterocycles. The van der Waals surface area contributed by atoms with Gasteiger partial charge in [-0.15, -0.1) is 0 Å². The fourth-order valence-electron chi connectivity index (χ4n) is 1.34. The van der Waals surface area contributed by atoms with E-state index in [1.54, 1.807) is 7.11 Å². The monoisotopic (exact) mass is 195 g/mol. The zero-order valence-corrected chi connectivity index (χ0v) is 8.90. The van der Waals surface area contributed by atoms with Crippen LogP contribution in [-0.2, 0) is 4.74 Å². The minimum Gasteiger partial charge on any atom is -0.382 e. The number of methoxy groups -OCH3 is 1. The molecule has 0 saturated carbocycles. The Morgan fingerprint density at radius 1 is 1.43 bits per heavy atom. The standard InChI is InChI=1S/C10H17N3O/c1-8(14-3)4-10(11-2)9-5-12-7-13-6-9/h5-8,10-11H,4H2,1-3H3. The lowest BCUT2D eigenvalue weighted by Crippen LogP contribution is -2.22. The molecule has 1 aromatic heterocycles. The molecule has 0 aromatic carbocycles. The number of aromatic nitrogens is 2. The molecule has 2 unspecified atom stereocenters. The molecule has 4 nitrogen and oxygen atoms in total. The van der Waals surface area contributed by atoms with Gasteiger partial charge in [0.2, 0.25) is 0 Å². The maximum absolute atomic E-state index is 5.22. The van der Waals surface area contributed by atoms with Crippen LogP contribution in [0.25, 0.3) is 0 Å². The highest BCUT2D eigenvalue weighted by Crippen LogP contribution is 2.16. The fourth-order valence-corrected chi connectivity index (χ4v) is 1.34. The highest BCUT2D eigenvalue weighted by molar-refractivity contribution is 5.09. The molecule has 2 atom stereocenters. The minimum atomic E-state index is 0.229. The molecule has 0 spiro atoms. The number of hydrogen-bond donors (Lipinski definition) is 1. The molecular weight excluding hydrogens is 178 g/mol. The first-order valence-electron chi connectivity index (χ1n) is 4.73. The molecule has 0 amide bonds. The van der Waals surface area contributed by atoms with Crippen molar-refractivity contribution >= 4 is 0 Å². The Morgan fingerprint density at radius 3 is 2.57 bits per heavy atom. The Morgan fingerprint density at radius 2 is 2.07 bits per heavy atom. The van der Waals surface area contributed by atoms with E-state index in [0.29, 0.717) is 0 Å². The second kappa shape index (κ2) is 5.67. The van der Waals surface area contributed by atoms with Crippen LogP contribution in [-0.4, -0.2) is 30.2 Å². The molecule has 14 heavy (non-hydrogen) atoms. The summed E-state index contributed by atoms with van der Waals surface area (Å²) in [6, 6.07) is 0.256. The molecule has 0 aliphatic rings. The van der Waals surface area contributed by atoms with E-state index in [0.717, 1.165) is 12.0 Å². The van der Waals surface area contributed by atoms with Crippen LogP contribution < -0.4 is 5.32 Å². The number of nitrogens with one attached hydrogen (secondary N) is 1. The van der Waals surface area contributed by atoms with E-state index in [1.807, 2.05) is 26.4 Å². The van der Waals surface area contributed by atoms with Crippen molar-refractivity contribution in [1.29, 1.82) is 0 Å². The number of nitrogens with zero attached hydrogens (tertiary/aromatic N) is 2. The van der Waals surface area contributed by atoms with Gasteiger partial charge in [-0.1, -0.05) is 0 Å². The van der Waals surface area contributed by atoms with Gasteiger partial charge in [0, 0.05) is 31.1 Å². The molecule has 0 bridgehead atoms. The maximum atomic E-state index is 5.22. The van der Waals surface area contributed by atoms with Crippen LogP contribution in [0.15, 0.2) is 18.7 Å². The topological polar surface area (TPSA) is 47.0 Å². The Hall–Kier alpha value is -1.00. The third kappa shape index (κ3) is 3.05. The van der Waals surface area contributed by atoms with Crippen molar-refractivity contribution in [1.82, 2.24) is 15.3 Å². The van der Waals surface area contributed by atoms with E-state index in [4.69, 9.17) is 4.74 Å². The second-order valence-corrected chi connectivity index (χ2v) is 3.30. The van der Waals surface area contributed by atoms with E-state index < -0.39 is 0 Å². The molecule has 1 heterocycles. The summed E-state index contributed by atoms with van der Waals surface area (Å²) in [7, 11) is 3.65. The Bertz CT molecular complexity index is 253. The van der Waals surface area contributed by atoms with Crippen LogP contribution in [0.2, 0.25) is 0 Å². The average Bonchev–Trinajstić information content (AvgIpc) is 2.26. The maximum Gasteiger partial charge on any atom is 0.115 e. The first-order valence-corrected chi connectivity index (χ1v) is 4.73.